The van der Waals surface area contributed by atoms with E-state index in [1.807, 2.05) is 74.5 Å². The number of rotatable bonds is 11. The summed E-state index contributed by atoms with van der Waals surface area (Å²) in [6.07, 6.45) is 2.41. The summed E-state index contributed by atoms with van der Waals surface area (Å²) in [4.78, 5) is 28.3. The van der Waals surface area contributed by atoms with Gasteiger partial charge in [-0.15, -0.1) is 0 Å². The molecular formula is C30H28ClNO5S2. The second kappa shape index (κ2) is 13.6. The van der Waals surface area contributed by atoms with Crippen LogP contribution in [0.25, 0.3) is 6.08 Å². The maximum atomic E-state index is 13.6. The first-order valence-corrected chi connectivity index (χ1v) is 14.1. The second-order valence-electron chi connectivity index (χ2n) is 8.59. The maximum Gasteiger partial charge on any atom is 0.333 e. The molecule has 0 N–H and O–H groups in total. The number of ether oxygens (including phenoxy) is 3. The van der Waals surface area contributed by atoms with Crippen molar-refractivity contribution in [3.05, 3.63) is 99.4 Å². The molecular weight excluding hydrogens is 554 g/mol. The number of thiocarbonyl (C=S) groups is 1. The van der Waals surface area contributed by atoms with Crippen molar-refractivity contribution in [3.63, 3.8) is 0 Å². The third kappa shape index (κ3) is 7.20. The molecule has 6 nitrogen and oxygen atoms in total. The molecule has 1 aliphatic rings. The minimum Gasteiger partial charge on any atom is -0.490 e. The van der Waals surface area contributed by atoms with Crippen LogP contribution in [0.3, 0.4) is 0 Å². The van der Waals surface area contributed by atoms with Crippen LogP contribution in [0.2, 0.25) is 5.02 Å². The van der Waals surface area contributed by atoms with Crippen molar-refractivity contribution < 1.29 is 23.8 Å². The summed E-state index contributed by atoms with van der Waals surface area (Å²) in [5, 5.41) is 0.663. The summed E-state index contributed by atoms with van der Waals surface area (Å²) < 4.78 is 17.5. The van der Waals surface area contributed by atoms with Crippen molar-refractivity contribution >= 4 is 57.9 Å². The fourth-order valence-electron chi connectivity index (χ4n) is 3.90. The Labute approximate surface area is 242 Å². The number of hydrogen-bond donors (Lipinski definition) is 0. The van der Waals surface area contributed by atoms with Gasteiger partial charge in [0.25, 0.3) is 5.91 Å². The molecule has 0 radical (unpaired) electrons. The molecule has 4 rings (SSSR count). The van der Waals surface area contributed by atoms with Crippen molar-refractivity contribution in [1.29, 1.82) is 0 Å². The van der Waals surface area contributed by atoms with Gasteiger partial charge in [0.2, 0.25) is 0 Å². The van der Waals surface area contributed by atoms with E-state index in [1.165, 1.54) is 4.90 Å². The van der Waals surface area contributed by atoms with E-state index >= 15 is 0 Å². The second-order valence-corrected chi connectivity index (χ2v) is 10.7. The zero-order chi connectivity index (χ0) is 27.8. The lowest BCUT2D eigenvalue weighted by Crippen LogP contribution is -2.38. The summed E-state index contributed by atoms with van der Waals surface area (Å²) in [6, 6.07) is 21.0. The monoisotopic (exact) mass is 581 g/mol. The highest BCUT2D eigenvalue weighted by Gasteiger charge is 2.42. The molecule has 9 heteroatoms. The van der Waals surface area contributed by atoms with Crippen LogP contribution in [-0.4, -0.2) is 34.3 Å². The van der Waals surface area contributed by atoms with Gasteiger partial charge in [-0.1, -0.05) is 91.0 Å². The Morgan fingerprint density at radius 3 is 2.46 bits per heavy atom. The number of esters is 1. The van der Waals surface area contributed by atoms with Crippen LogP contribution < -0.4 is 9.47 Å². The van der Waals surface area contributed by atoms with E-state index in [9.17, 15) is 9.59 Å². The number of carbonyl (C=O) groups is 2. The summed E-state index contributed by atoms with van der Waals surface area (Å²) in [5.41, 5.74) is 2.35. The van der Waals surface area contributed by atoms with Gasteiger partial charge < -0.3 is 14.2 Å². The summed E-state index contributed by atoms with van der Waals surface area (Å²) >= 11 is 12.7. The Balaban J connectivity index is 1.57. The first kappa shape index (κ1) is 28.7. The highest BCUT2D eigenvalue weighted by Crippen LogP contribution is 2.39. The molecule has 3 aromatic rings. The minimum atomic E-state index is -0.959. The lowest BCUT2D eigenvalue weighted by molar-refractivity contribution is -0.151. The molecule has 3 aromatic carbocycles. The van der Waals surface area contributed by atoms with Gasteiger partial charge in [-0.2, -0.15) is 0 Å². The van der Waals surface area contributed by atoms with E-state index in [0.29, 0.717) is 50.9 Å². The van der Waals surface area contributed by atoms with Crippen LogP contribution in [0.4, 0.5) is 0 Å². The SMILES string of the molecule is CCCOC(=O)C(c1ccccc1)N1C(=O)/C(=C/c2ccc(OCc3ccc(Cl)cc3)c(OCC)c2)SC1=S. The Morgan fingerprint density at radius 2 is 1.77 bits per heavy atom. The van der Waals surface area contributed by atoms with Gasteiger partial charge in [-0.3, -0.25) is 9.69 Å². The largest absolute Gasteiger partial charge is 0.490 e. The van der Waals surface area contributed by atoms with Crippen LogP contribution in [0.5, 0.6) is 11.5 Å². The molecule has 0 spiro atoms. The predicted octanol–water partition coefficient (Wildman–Crippen LogP) is 7.21. The molecule has 0 aromatic heterocycles. The van der Waals surface area contributed by atoms with Gasteiger partial charge >= 0.3 is 5.97 Å². The zero-order valence-electron chi connectivity index (χ0n) is 21.6. The van der Waals surface area contributed by atoms with E-state index in [4.69, 9.17) is 38.0 Å². The standard InChI is InChI=1S/C30H28ClNO5S2/c1-3-16-36-29(34)27(22-8-6-5-7-9-22)32-28(33)26(39-30(32)38)18-21-12-15-24(25(17-21)35-4-2)37-19-20-10-13-23(31)14-11-20/h5-15,17-18,27H,3-4,16,19H2,1-2H3/b26-18-. The molecule has 1 heterocycles. The highest BCUT2D eigenvalue weighted by atomic mass is 35.5. The van der Waals surface area contributed by atoms with Crippen molar-refractivity contribution in [3.8, 4) is 11.5 Å². The molecule has 1 saturated heterocycles. The lowest BCUT2D eigenvalue weighted by Gasteiger charge is -2.25. The average Bonchev–Trinajstić information content (AvgIpc) is 3.21. The van der Waals surface area contributed by atoms with Gasteiger partial charge in [0.05, 0.1) is 18.1 Å². The van der Waals surface area contributed by atoms with Gasteiger partial charge in [0.15, 0.2) is 17.5 Å². The Morgan fingerprint density at radius 1 is 1.03 bits per heavy atom. The Bertz CT molecular complexity index is 1360. The first-order valence-electron chi connectivity index (χ1n) is 12.5. The third-order valence-electron chi connectivity index (χ3n) is 5.74. The topological polar surface area (TPSA) is 65.1 Å². The third-order valence-corrected chi connectivity index (χ3v) is 7.32. The number of hydrogen-bond acceptors (Lipinski definition) is 7. The van der Waals surface area contributed by atoms with Crippen molar-refractivity contribution in [2.75, 3.05) is 13.2 Å². The van der Waals surface area contributed by atoms with Crippen LogP contribution in [0.1, 0.15) is 43.0 Å². The number of nitrogens with zero attached hydrogens (tertiary/aromatic N) is 1. The molecule has 1 aliphatic heterocycles. The van der Waals surface area contributed by atoms with Crippen molar-refractivity contribution in [2.24, 2.45) is 0 Å². The fraction of sp³-hybridized carbons (Fsp3) is 0.233. The Kier molecular flexibility index (Phi) is 10.0. The van der Waals surface area contributed by atoms with Crippen molar-refractivity contribution in [1.82, 2.24) is 4.90 Å². The van der Waals surface area contributed by atoms with Crippen LogP contribution in [0.15, 0.2) is 77.7 Å². The molecule has 0 bridgehead atoms. The molecule has 39 heavy (non-hydrogen) atoms. The number of benzene rings is 3. The van der Waals surface area contributed by atoms with E-state index in [0.717, 1.165) is 22.9 Å². The molecule has 202 valence electrons. The van der Waals surface area contributed by atoms with Crippen molar-refractivity contribution in [2.45, 2.75) is 32.9 Å². The molecule has 0 saturated carbocycles. The minimum absolute atomic E-state index is 0.263. The van der Waals surface area contributed by atoms with Gasteiger partial charge in [0.1, 0.15) is 10.9 Å². The normalized spacial score (nSPS) is 14.9. The van der Waals surface area contributed by atoms with Crippen LogP contribution in [-0.2, 0) is 20.9 Å². The first-order chi connectivity index (χ1) is 18.9. The highest BCUT2D eigenvalue weighted by molar-refractivity contribution is 8.26. The number of carbonyl (C=O) groups excluding carboxylic acids is 2. The number of halogens is 1. The van der Waals surface area contributed by atoms with Gasteiger partial charge in [0, 0.05) is 5.02 Å². The fourth-order valence-corrected chi connectivity index (χ4v) is 5.34. The van der Waals surface area contributed by atoms with E-state index in [-0.39, 0.29) is 12.5 Å². The molecule has 0 aliphatic carbocycles. The number of thioether (sulfide) groups is 1. The average molecular weight is 582 g/mol. The van der Waals surface area contributed by atoms with Gasteiger partial charge in [-0.05, 0) is 60.4 Å². The molecule has 1 fully saturated rings. The molecule has 1 amide bonds. The molecule has 1 atom stereocenters. The van der Waals surface area contributed by atoms with Gasteiger partial charge in [-0.25, -0.2) is 4.79 Å². The van der Waals surface area contributed by atoms with Crippen LogP contribution >= 0.6 is 35.6 Å². The zero-order valence-corrected chi connectivity index (χ0v) is 24.0. The van der Waals surface area contributed by atoms with Crippen LogP contribution in [0, 0.1) is 0 Å². The lowest BCUT2D eigenvalue weighted by atomic mass is 10.1. The van der Waals surface area contributed by atoms with E-state index in [2.05, 4.69) is 0 Å². The Hall–Kier alpha value is -3.33. The quantitative estimate of drug-likeness (QED) is 0.135. The number of amides is 1. The smallest absolute Gasteiger partial charge is 0.333 e. The van der Waals surface area contributed by atoms with E-state index in [1.54, 1.807) is 18.2 Å². The predicted molar refractivity (Wildman–Crippen MR) is 159 cm³/mol. The maximum absolute atomic E-state index is 13.6. The summed E-state index contributed by atoms with van der Waals surface area (Å²) in [7, 11) is 0. The summed E-state index contributed by atoms with van der Waals surface area (Å²) in [6.45, 7) is 4.87. The van der Waals surface area contributed by atoms with E-state index < -0.39 is 12.0 Å². The molecule has 1 unspecified atom stereocenters. The summed E-state index contributed by atoms with van der Waals surface area (Å²) in [5.74, 6) is 0.273.